The summed E-state index contributed by atoms with van der Waals surface area (Å²) >= 11 is 0. The van der Waals surface area contributed by atoms with Crippen LogP contribution >= 0.6 is 0 Å². The lowest BCUT2D eigenvalue weighted by atomic mass is 10.0. The van der Waals surface area contributed by atoms with Crippen molar-refractivity contribution in [2.24, 2.45) is 0 Å². The Balaban J connectivity index is 1.76. The van der Waals surface area contributed by atoms with Crippen molar-refractivity contribution in [2.45, 2.75) is 53.0 Å². The third kappa shape index (κ3) is 4.55. The lowest BCUT2D eigenvalue weighted by Gasteiger charge is -2.27. The predicted octanol–water partition coefficient (Wildman–Crippen LogP) is 4.34. The molecule has 0 aliphatic carbocycles. The van der Waals surface area contributed by atoms with Gasteiger partial charge in [-0.1, -0.05) is 26.0 Å². The maximum Gasteiger partial charge on any atom is 0.256 e. The number of hydrogen-bond donors (Lipinski definition) is 1. The molecule has 0 bridgehead atoms. The van der Waals surface area contributed by atoms with E-state index in [1.165, 1.54) is 0 Å². The molecule has 0 radical (unpaired) electrons. The number of pyridine rings is 1. The predicted molar refractivity (Wildman–Crippen MR) is 132 cm³/mol. The van der Waals surface area contributed by atoms with Crippen LogP contribution < -0.4 is 5.32 Å². The molecule has 8 heteroatoms. The number of anilines is 1. The second-order valence-electron chi connectivity index (χ2n) is 10.0. The molecule has 3 heterocycles. The first-order valence-corrected chi connectivity index (χ1v) is 11.8. The SMILES string of the molecule is Cc1nn(C(C)(C)C)c2nc(C(C)C)cc(C(=O)Nc3ccccc3C(=O)N3CCOCC3)c12. The molecule has 3 aromatic rings. The van der Waals surface area contributed by atoms with E-state index in [2.05, 4.69) is 39.9 Å². The Morgan fingerprint density at radius 1 is 1.09 bits per heavy atom. The van der Waals surface area contributed by atoms with Crippen molar-refractivity contribution in [3.8, 4) is 0 Å². The van der Waals surface area contributed by atoms with E-state index in [4.69, 9.17) is 14.8 Å². The van der Waals surface area contributed by atoms with Gasteiger partial charge in [0.2, 0.25) is 0 Å². The number of morpholine rings is 1. The number of para-hydroxylation sites is 1. The minimum Gasteiger partial charge on any atom is -0.378 e. The number of benzene rings is 1. The fourth-order valence-corrected chi connectivity index (χ4v) is 4.16. The highest BCUT2D eigenvalue weighted by Crippen LogP contribution is 2.30. The number of aryl methyl sites for hydroxylation is 1. The largest absolute Gasteiger partial charge is 0.378 e. The zero-order chi connectivity index (χ0) is 24.6. The van der Waals surface area contributed by atoms with Crippen molar-refractivity contribution in [3.63, 3.8) is 0 Å². The Labute approximate surface area is 200 Å². The molecule has 0 spiro atoms. The first-order chi connectivity index (χ1) is 16.1. The maximum absolute atomic E-state index is 13.6. The van der Waals surface area contributed by atoms with Crippen LogP contribution in [0.1, 0.15) is 72.6 Å². The highest BCUT2D eigenvalue weighted by molar-refractivity contribution is 6.14. The molecule has 1 aliphatic rings. The van der Waals surface area contributed by atoms with Crippen molar-refractivity contribution >= 4 is 28.5 Å². The van der Waals surface area contributed by atoms with Gasteiger partial charge in [0.1, 0.15) is 0 Å². The molecule has 2 aromatic heterocycles. The summed E-state index contributed by atoms with van der Waals surface area (Å²) in [5, 5.41) is 8.45. The van der Waals surface area contributed by atoms with Crippen LogP contribution in [0.3, 0.4) is 0 Å². The van der Waals surface area contributed by atoms with E-state index in [9.17, 15) is 9.59 Å². The van der Waals surface area contributed by atoms with E-state index in [0.29, 0.717) is 48.8 Å². The second-order valence-corrected chi connectivity index (χ2v) is 10.0. The number of hydrogen-bond acceptors (Lipinski definition) is 5. The van der Waals surface area contributed by atoms with Gasteiger partial charge >= 0.3 is 0 Å². The van der Waals surface area contributed by atoms with E-state index < -0.39 is 0 Å². The smallest absolute Gasteiger partial charge is 0.256 e. The molecule has 1 aromatic carbocycles. The van der Waals surface area contributed by atoms with Gasteiger partial charge in [-0.15, -0.1) is 0 Å². The van der Waals surface area contributed by atoms with E-state index in [0.717, 1.165) is 16.8 Å². The highest BCUT2D eigenvalue weighted by Gasteiger charge is 2.26. The van der Waals surface area contributed by atoms with Crippen LogP contribution in [0, 0.1) is 6.92 Å². The molecule has 0 atom stereocenters. The Morgan fingerprint density at radius 3 is 2.41 bits per heavy atom. The molecule has 1 saturated heterocycles. The average Bonchev–Trinajstić information content (AvgIpc) is 3.16. The summed E-state index contributed by atoms with van der Waals surface area (Å²) in [6.45, 7) is 14.3. The van der Waals surface area contributed by atoms with Gasteiger partial charge in [0.15, 0.2) is 5.65 Å². The monoisotopic (exact) mass is 463 g/mol. The van der Waals surface area contributed by atoms with Gasteiger partial charge in [0.25, 0.3) is 11.8 Å². The van der Waals surface area contributed by atoms with Gasteiger partial charge in [-0.2, -0.15) is 5.10 Å². The van der Waals surface area contributed by atoms with Crippen LogP contribution in [0.2, 0.25) is 0 Å². The summed E-state index contributed by atoms with van der Waals surface area (Å²) in [6.07, 6.45) is 0. The number of fused-ring (bicyclic) bond motifs is 1. The molecule has 34 heavy (non-hydrogen) atoms. The lowest BCUT2D eigenvalue weighted by Crippen LogP contribution is -2.41. The molecular weight excluding hydrogens is 430 g/mol. The van der Waals surface area contributed by atoms with Crippen molar-refractivity contribution in [1.82, 2.24) is 19.7 Å². The number of amides is 2. The van der Waals surface area contributed by atoms with Gasteiger partial charge < -0.3 is 15.0 Å². The Hall–Kier alpha value is -3.26. The number of carbonyl (C=O) groups is 2. The molecule has 180 valence electrons. The number of aromatic nitrogens is 3. The first-order valence-electron chi connectivity index (χ1n) is 11.8. The molecule has 1 fully saturated rings. The second kappa shape index (κ2) is 9.18. The van der Waals surface area contributed by atoms with Gasteiger partial charge in [-0.05, 0) is 51.8 Å². The zero-order valence-electron chi connectivity index (χ0n) is 20.8. The molecule has 2 amide bonds. The van der Waals surface area contributed by atoms with Crippen molar-refractivity contribution < 1.29 is 14.3 Å². The summed E-state index contributed by atoms with van der Waals surface area (Å²) in [5.41, 5.74) is 3.43. The van der Waals surface area contributed by atoms with Crippen LogP contribution in [0.25, 0.3) is 11.0 Å². The van der Waals surface area contributed by atoms with Crippen molar-refractivity contribution in [1.29, 1.82) is 0 Å². The van der Waals surface area contributed by atoms with Crippen LogP contribution in [0.15, 0.2) is 30.3 Å². The van der Waals surface area contributed by atoms with E-state index in [-0.39, 0.29) is 23.3 Å². The normalized spacial score (nSPS) is 14.6. The van der Waals surface area contributed by atoms with E-state index in [1.807, 2.05) is 29.8 Å². The quantitative estimate of drug-likeness (QED) is 0.622. The van der Waals surface area contributed by atoms with Crippen LogP contribution in [-0.4, -0.2) is 57.8 Å². The van der Waals surface area contributed by atoms with Crippen molar-refractivity contribution in [2.75, 3.05) is 31.6 Å². The Bertz CT molecular complexity index is 1230. The molecule has 0 unspecified atom stereocenters. The van der Waals surface area contributed by atoms with Crippen LogP contribution in [-0.2, 0) is 10.3 Å². The molecule has 8 nitrogen and oxygen atoms in total. The summed E-state index contributed by atoms with van der Waals surface area (Å²) in [6, 6.07) is 8.98. The number of nitrogens with one attached hydrogen (secondary N) is 1. The molecule has 1 aliphatic heterocycles. The fraction of sp³-hybridized carbons (Fsp3) is 0.462. The number of rotatable bonds is 4. The topological polar surface area (TPSA) is 89.3 Å². The zero-order valence-corrected chi connectivity index (χ0v) is 20.8. The maximum atomic E-state index is 13.6. The van der Waals surface area contributed by atoms with E-state index >= 15 is 0 Å². The van der Waals surface area contributed by atoms with Gasteiger partial charge in [-0.3, -0.25) is 9.59 Å². The Morgan fingerprint density at radius 2 is 1.76 bits per heavy atom. The average molecular weight is 464 g/mol. The number of ether oxygens (including phenoxy) is 1. The first kappa shape index (κ1) is 23.9. The number of carbonyl (C=O) groups excluding carboxylic acids is 2. The summed E-state index contributed by atoms with van der Waals surface area (Å²) < 4.78 is 7.25. The molecule has 4 rings (SSSR count). The van der Waals surface area contributed by atoms with Gasteiger partial charge in [0.05, 0.1) is 46.6 Å². The van der Waals surface area contributed by atoms with Gasteiger partial charge in [-0.25, -0.2) is 9.67 Å². The lowest BCUT2D eigenvalue weighted by molar-refractivity contribution is 0.0303. The Kier molecular flexibility index (Phi) is 6.45. The fourth-order valence-electron chi connectivity index (χ4n) is 4.16. The van der Waals surface area contributed by atoms with Gasteiger partial charge in [0, 0.05) is 18.8 Å². The molecule has 1 N–H and O–H groups in total. The van der Waals surface area contributed by atoms with Crippen LogP contribution in [0.4, 0.5) is 5.69 Å². The van der Waals surface area contributed by atoms with Crippen LogP contribution in [0.5, 0.6) is 0 Å². The molecule has 0 saturated carbocycles. The highest BCUT2D eigenvalue weighted by atomic mass is 16.5. The minimum absolute atomic E-state index is 0.112. The number of nitrogens with zero attached hydrogens (tertiary/aromatic N) is 4. The van der Waals surface area contributed by atoms with Crippen molar-refractivity contribution in [3.05, 3.63) is 52.8 Å². The third-order valence-corrected chi connectivity index (χ3v) is 6.01. The molecular formula is C26H33N5O3. The standard InChI is InChI=1S/C26H33N5O3/c1-16(2)21-15-19(22-17(3)29-31(23(22)27-21)26(4,5)6)24(32)28-20-10-8-7-9-18(20)25(33)30-11-13-34-14-12-30/h7-10,15-16H,11-14H2,1-6H3,(H,28,32). The third-order valence-electron chi connectivity index (χ3n) is 6.01. The van der Waals surface area contributed by atoms with E-state index in [1.54, 1.807) is 17.0 Å². The summed E-state index contributed by atoms with van der Waals surface area (Å²) in [5.74, 6) is -0.262. The summed E-state index contributed by atoms with van der Waals surface area (Å²) in [4.78, 5) is 33.4. The summed E-state index contributed by atoms with van der Waals surface area (Å²) in [7, 11) is 0. The minimum atomic E-state index is -0.292.